The van der Waals surface area contributed by atoms with E-state index < -0.39 is 0 Å². The van der Waals surface area contributed by atoms with Crippen molar-refractivity contribution in [2.75, 3.05) is 7.11 Å². The number of halogens is 4. The van der Waals surface area contributed by atoms with E-state index in [0.29, 0.717) is 21.9 Å². The lowest BCUT2D eigenvalue weighted by atomic mass is 10.2. The molecule has 112 valence electrons. The third-order valence-electron chi connectivity index (χ3n) is 2.75. The molecule has 0 atom stereocenters. The Balaban J connectivity index is 2.23. The smallest absolute Gasteiger partial charge is 0.175 e. The van der Waals surface area contributed by atoms with Gasteiger partial charge in [0.1, 0.15) is 12.4 Å². The Bertz CT molecular complexity index is 630. The molecule has 0 saturated heterocycles. The Morgan fingerprint density at radius 2 is 1.86 bits per heavy atom. The lowest BCUT2D eigenvalue weighted by Crippen LogP contribution is -2.00. The Kier molecular flexibility index (Phi) is 5.90. The van der Waals surface area contributed by atoms with Gasteiger partial charge in [0, 0.05) is 10.4 Å². The summed E-state index contributed by atoms with van der Waals surface area (Å²) >= 11 is 12.5. The molecule has 21 heavy (non-hydrogen) atoms. The molecule has 0 unspecified atom stereocenters. The van der Waals surface area contributed by atoms with Crippen LogP contribution in [-0.2, 0) is 12.5 Å². The molecular formula is C15H12Br2ClFO2. The fraction of sp³-hybridized carbons (Fsp3) is 0.200. The van der Waals surface area contributed by atoms with Crippen molar-refractivity contribution in [3.05, 3.63) is 56.2 Å². The number of ether oxygens (including phenoxy) is 2. The number of hydrogen-bond donors (Lipinski definition) is 0. The van der Waals surface area contributed by atoms with Gasteiger partial charge in [-0.3, -0.25) is 0 Å². The minimum atomic E-state index is -0.313. The van der Waals surface area contributed by atoms with Gasteiger partial charge in [0.2, 0.25) is 0 Å². The molecule has 0 radical (unpaired) electrons. The van der Waals surface area contributed by atoms with Crippen molar-refractivity contribution >= 4 is 43.5 Å². The molecule has 0 aliphatic carbocycles. The van der Waals surface area contributed by atoms with E-state index >= 15 is 0 Å². The number of hydrogen-bond acceptors (Lipinski definition) is 2. The first-order valence-electron chi connectivity index (χ1n) is 6.03. The van der Waals surface area contributed by atoms with E-state index in [1.54, 1.807) is 13.2 Å². The lowest BCUT2D eigenvalue weighted by Gasteiger charge is -2.14. The molecule has 2 aromatic rings. The molecule has 0 aliphatic heterocycles. The molecule has 6 heteroatoms. The summed E-state index contributed by atoms with van der Waals surface area (Å²) in [4.78, 5) is 0. The van der Waals surface area contributed by atoms with Crippen LogP contribution in [0.15, 0.2) is 39.3 Å². The zero-order chi connectivity index (χ0) is 15.4. The predicted molar refractivity (Wildman–Crippen MR) is 88.7 cm³/mol. The van der Waals surface area contributed by atoms with Crippen LogP contribution >= 0.6 is 43.5 Å². The fourth-order valence-electron chi connectivity index (χ4n) is 1.84. The molecule has 0 amide bonds. The molecule has 0 fully saturated rings. The number of alkyl halides is 1. The highest BCUT2D eigenvalue weighted by molar-refractivity contribution is 9.10. The van der Waals surface area contributed by atoms with Crippen molar-refractivity contribution in [3.8, 4) is 11.5 Å². The second kappa shape index (κ2) is 7.47. The van der Waals surface area contributed by atoms with E-state index in [9.17, 15) is 4.39 Å². The van der Waals surface area contributed by atoms with E-state index in [1.807, 2.05) is 12.1 Å². The highest BCUT2D eigenvalue weighted by Crippen LogP contribution is 2.37. The van der Waals surface area contributed by atoms with Crippen molar-refractivity contribution in [1.29, 1.82) is 0 Å². The maximum Gasteiger partial charge on any atom is 0.175 e. The highest BCUT2D eigenvalue weighted by atomic mass is 79.9. The SMILES string of the molecule is COc1cc(CCl)cc(Br)c1OCc1cc(F)cc(Br)c1. The van der Waals surface area contributed by atoms with Crippen LogP contribution in [0.5, 0.6) is 11.5 Å². The van der Waals surface area contributed by atoms with Crippen molar-refractivity contribution in [2.24, 2.45) is 0 Å². The largest absolute Gasteiger partial charge is 0.493 e. The van der Waals surface area contributed by atoms with Crippen LogP contribution in [0.4, 0.5) is 4.39 Å². The predicted octanol–water partition coefficient (Wildman–Crippen LogP) is 5.68. The first-order valence-corrected chi connectivity index (χ1v) is 8.15. The van der Waals surface area contributed by atoms with Crippen LogP contribution in [0, 0.1) is 5.82 Å². The number of benzene rings is 2. The molecule has 0 saturated carbocycles. The van der Waals surface area contributed by atoms with Gasteiger partial charge in [-0.15, -0.1) is 11.6 Å². The second-order valence-corrected chi connectivity index (χ2v) is 6.35. The monoisotopic (exact) mass is 436 g/mol. The summed E-state index contributed by atoms with van der Waals surface area (Å²) in [6, 6.07) is 8.31. The first-order chi connectivity index (χ1) is 10.0. The minimum absolute atomic E-state index is 0.228. The molecule has 2 nitrogen and oxygen atoms in total. The molecule has 0 aliphatic rings. The third-order valence-corrected chi connectivity index (χ3v) is 4.10. The van der Waals surface area contributed by atoms with Gasteiger partial charge in [-0.05, 0) is 57.4 Å². The van der Waals surface area contributed by atoms with Gasteiger partial charge in [0.15, 0.2) is 11.5 Å². The molecule has 0 bridgehead atoms. The molecular weight excluding hydrogens is 426 g/mol. The summed E-state index contributed by atoms with van der Waals surface area (Å²) in [6.07, 6.45) is 0. The van der Waals surface area contributed by atoms with Crippen LogP contribution in [0.2, 0.25) is 0 Å². The molecule has 0 aromatic heterocycles. The van der Waals surface area contributed by atoms with Crippen LogP contribution in [-0.4, -0.2) is 7.11 Å². The van der Waals surface area contributed by atoms with Crippen LogP contribution in [0.25, 0.3) is 0 Å². The lowest BCUT2D eigenvalue weighted by molar-refractivity contribution is 0.282. The summed E-state index contributed by atoms with van der Waals surface area (Å²) in [6.45, 7) is 0.228. The van der Waals surface area contributed by atoms with E-state index in [-0.39, 0.29) is 12.4 Å². The number of methoxy groups -OCH3 is 1. The summed E-state index contributed by atoms with van der Waals surface area (Å²) < 4.78 is 25.8. The van der Waals surface area contributed by atoms with Gasteiger partial charge >= 0.3 is 0 Å². The van der Waals surface area contributed by atoms with E-state index in [4.69, 9.17) is 21.1 Å². The fourth-order valence-corrected chi connectivity index (χ4v) is 3.11. The minimum Gasteiger partial charge on any atom is -0.493 e. The summed E-state index contributed by atoms with van der Waals surface area (Å²) in [5, 5.41) is 0. The summed E-state index contributed by atoms with van der Waals surface area (Å²) in [5.74, 6) is 1.21. The molecule has 0 spiro atoms. The topological polar surface area (TPSA) is 18.5 Å². The van der Waals surface area contributed by atoms with Crippen LogP contribution < -0.4 is 9.47 Å². The van der Waals surface area contributed by atoms with Crippen molar-refractivity contribution < 1.29 is 13.9 Å². The molecule has 0 N–H and O–H groups in total. The van der Waals surface area contributed by atoms with E-state index in [2.05, 4.69) is 31.9 Å². The van der Waals surface area contributed by atoms with Gasteiger partial charge in [0.25, 0.3) is 0 Å². The zero-order valence-electron chi connectivity index (χ0n) is 11.1. The molecule has 2 aromatic carbocycles. The summed E-state index contributed by atoms with van der Waals surface area (Å²) in [7, 11) is 1.56. The second-order valence-electron chi connectivity index (χ2n) is 4.31. The van der Waals surface area contributed by atoms with Gasteiger partial charge < -0.3 is 9.47 Å². The maximum absolute atomic E-state index is 13.3. The summed E-state index contributed by atoms with van der Waals surface area (Å²) in [5.41, 5.74) is 1.64. The van der Waals surface area contributed by atoms with Gasteiger partial charge in [-0.25, -0.2) is 4.39 Å². The Morgan fingerprint density at radius 3 is 2.48 bits per heavy atom. The van der Waals surface area contributed by atoms with Crippen molar-refractivity contribution in [3.63, 3.8) is 0 Å². The molecule has 2 rings (SSSR count). The molecule has 0 heterocycles. The standard InChI is InChI=1S/C15H12Br2ClFO2/c1-20-14-5-9(7-18)4-13(17)15(14)21-8-10-2-11(16)6-12(19)3-10/h2-6H,7-8H2,1H3. The van der Waals surface area contributed by atoms with E-state index in [1.165, 1.54) is 12.1 Å². The normalized spacial score (nSPS) is 10.5. The maximum atomic E-state index is 13.3. The highest BCUT2D eigenvalue weighted by Gasteiger charge is 2.12. The Morgan fingerprint density at radius 1 is 1.10 bits per heavy atom. The third kappa shape index (κ3) is 4.34. The average Bonchev–Trinajstić information content (AvgIpc) is 2.44. The average molecular weight is 439 g/mol. The zero-order valence-corrected chi connectivity index (χ0v) is 15.1. The van der Waals surface area contributed by atoms with Crippen LogP contribution in [0.3, 0.4) is 0 Å². The van der Waals surface area contributed by atoms with Crippen molar-refractivity contribution in [2.45, 2.75) is 12.5 Å². The first kappa shape index (κ1) is 16.6. The van der Waals surface area contributed by atoms with E-state index in [0.717, 1.165) is 15.6 Å². The Hall–Kier alpha value is -0.780. The quantitative estimate of drug-likeness (QED) is 0.560. The number of rotatable bonds is 5. The van der Waals surface area contributed by atoms with Gasteiger partial charge in [-0.1, -0.05) is 15.9 Å². The van der Waals surface area contributed by atoms with Gasteiger partial charge in [-0.2, -0.15) is 0 Å². The van der Waals surface area contributed by atoms with Gasteiger partial charge in [0.05, 0.1) is 11.6 Å². The van der Waals surface area contributed by atoms with Crippen LogP contribution in [0.1, 0.15) is 11.1 Å². The van der Waals surface area contributed by atoms with Crippen molar-refractivity contribution in [1.82, 2.24) is 0 Å². The Labute approximate surface area is 144 Å².